The quantitative estimate of drug-likeness (QED) is 0.795. The van der Waals surface area contributed by atoms with Gasteiger partial charge in [-0.3, -0.25) is 0 Å². The van der Waals surface area contributed by atoms with Crippen molar-refractivity contribution in [1.29, 1.82) is 0 Å². The average Bonchev–Trinajstić information content (AvgIpc) is 2.47. The average molecular weight is 252 g/mol. The summed E-state index contributed by atoms with van der Waals surface area (Å²) in [5, 5.41) is 0. The third kappa shape index (κ3) is 2.19. The lowest BCUT2D eigenvalue weighted by Crippen LogP contribution is -2.42. The van der Waals surface area contributed by atoms with Crippen molar-refractivity contribution in [1.82, 2.24) is 0 Å². The van der Waals surface area contributed by atoms with Gasteiger partial charge in [-0.25, -0.2) is 0 Å². The highest BCUT2D eigenvalue weighted by molar-refractivity contribution is 5.79. The van der Waals surface area contributed by atoms with E-state index >= 15 is 0 Å². The molecule has 0 fully saturated rings. The summed E-state index contributed by atoms with van der Waals surface area (Å²) in [6.45, 7) is 6.63. The van der Waals surface area contributed by atoms with Crippen LogP contribution in [0.1, 0.15) is 13.8 Å². The Bertz CT molecular complexity index is 548. The largest absolute Gasteiger partial charge is 0.366 e. The first-order chi connectivity index (χ1) is 9.27. The second-order valence-corrected chi connectivity index (χ2v) is 5.26. The maximum atomic E-state index is 2.48. The molecule has 0 saturated carbocycles. The summed E-state index contributed by atoms with van der Waals surface area (Å²) >= 11 is 0. The second-order valence-electron chi connectivity index (χ2n) is 5.26. The van der Waals surface area contributed by atoms with Crippen LogP contribution in [-0.4, -0.2) is 19.1 Å². The lowest BCUT2D eigenvalue weighted by molar-refractivity contribution is 0.663. The minimum atomic E-state index is 0.541. The molecule has 0 amide bonds. The Kier molecular flexibility index (Phi) is 3.16. The van der Waals surface area contributed by atoms with Crippen molar-refractivity contribution in [2.75, 3.05) is 22.9 Å². The maximum absolute atomic E-state index is 2.48. The molecule has 2 nitrogen and oxygen atoms in total. The van der Waals surface area contributed by atoms with Crippen LogP contribution in [0.3, 0.4) is 0 Å². The van der Waals surface area contributed by atoms with Crippen molar-refractivity contribution in [3.63, 3.8) is 0 Å². The molecule has 0 spiro atoms. The third-order valence-electron chi connectivity index (χ3n) is 3.74. The number of nitrogens with zero attached hydrogens (tertiary/aromatic N) is 2. The molecule has 0 bridgehead atoms. The van der Waals surface area contributed by atoms with Crippen molar-refractivity contribution in [3.05, 3.63) is 54.6 Å². The predicted molar refractivity (Wildman–Crippen MR) is 82.4 cm³/mol. The van der Waals surface area contributed by atoms with E-state index in [1.807, 2.05) is 0 Å². The maximum Gasteiger partial charge on any atom is 0.0649 e. The zero-order chi connectivity index (χ0) is 13.2. The summed E-state index contributed by atoms with van der Waals surface area (Å²) in [6, 6.07) is 19.9. The molecule has 2 aromatic carbocycles. The lowest BCUT2D eigenvalue weighted by Gasteiger charge is -2.41. The molecule has 0 atom stereocenters. The molecule has 1 heterocycles. The van der Waals surface area contributed by atoms with Gasteiger partial charge in [0.25, 0.3) is 0 Å². The van der Waals surface area contributed by atoms with Gasteiger partial charge in [0.15, 0.2) is 0 Å². The molecule has 0 aliphatic carbocycles. The SMILES string of the molecule is CC(C)N1CCN(c2ccccc2)c2ccccc21. The summed E-state index contributed by atoms with van der Waals surface area (Å²) in [5.74, 6) is 0. The first-order valence-corrected chi connectivity index (χ1v) is 6.95. The number of hydrogen-bond donors (Lipinski definition) is 0. The number of rotatable bonds is 2. The van der Waals surface area contributed by atoms with Gasteiger partial charge in [-0.1, -0.05) is 30.3 Å². The fourth-order valence-electron chi connectivity index (χ4n) is 2.80. The van der Waals surface area contributed by atoms with Crippen molar-refractivity contribution in [2.24, 2.45) is 0 Å². The van der Waals surface area contributed by atoms with Gasteiger partial charge in [0, 0.05) is 24.8 Å². The number of benzene rings is 2. The molecule has 0 unspecified atom stereocenters. The fraction of sp³-hybridized carbons (Fsp3) is 0.294. The minimum Gasteiger partial charge on any atom is -0.366 e. The van der Waals surface area contributed by atoms with Crippen LogP contribution in [0, 0.1) is 0 Å². The molecule has 98 valence electrons. The lowest BCUT2D eigenvalue weighted by atomic mass is 10.1. The smallest absolute Gasteiger partial charge is 0.0649 e. The normalized spacial score (nSPS) is 14.7. The number of anilines is 3. The van der Waals surface area contributed by atoms with Gasteiger partial charge >= 0.3 is 0 Å². The molecule has 0 N–H and O–H groups in total. The van der Waals surface area contributed by atoms with Crippen molar-refractivity contribution in [2.45, 2.75) is 19.9 Å². The van der Waals surface area contributed by atoms with E-state index in [0.717, 1.165) is 13.1 Å². The van der Waals surface area contributed by atoms with Crippen LogP contribution in [0.5, 0.6) is 0 Å². The van der Waals surface area contributed by atoms with Gasteiger partial charge < -0.3 is 9.80 Å². The molecular weight excluding hydrogens is 232 g/mol. The summed E-state index contributed by atoms with van der Waals surface area (Å²) in [6.07, 6.45) is 0. The molecular formula is C17H20N2. The Morgan fingerprint density at radius 3 is 2.11 bits per heavy atom. The molecule has 0 saturated heterocycles. The first-order valence-electron chi connectivity index (χ1n) is 6.95. The van der Waals surface area contributed by atoms with Gasteiger partial charge in [-0.2, -0.15) is 0 Å². The molecule has 19 heavy (non-hydrogen) atoms. The Balaban J connectivity index is 2.04. The Labute approximate surface area is 115 Å². The predicted octanol–water partition coefficient (Wildman–Crippen LogP) is 4.05. The summed E-state index contributed by atoms with van der Waals surface area (Å²) in [7, 11) is 0. The van der Waals surface area contributed by atoms with E-state index < -0.39 is 0 Å². The molecule has 2 aromatic rings. The zero-order valence-corrected chi connectivity index (χ0v) is 11.6. The van der Waals surface area contributed by atoms with Gasteiger partial charge in [0.1, 0.15) is 0 Å². The standard InChI is InChI=1S/C17H20N2/c1-14(2)18-12-13-19(15-8-4-3-5-9-15)17-11-7-6-10-16(17)18/h3-11,14H,12-13H2,1-2H3. The van der Waals surface area contributed by atoms with E-state index in [0.29, 0.717) is 6.04 Å². The van der Waals surface area contributed by atoms with Crippen LogP contribution < -0.4 is 9.80 Å². The van der Waals surface area contributed by atoms with Crippen LogP contribution in [0.4, 0.5) is 17.1 Å². The van der Waals surface area contributed by atoms with Crippen molar-refractivity contribution >= 4 is 17.1 Å². The van der Waals surface area contributed by atoms with Crippen LogP contribution in [0.25, 0.3) is 0 Å². The Morgan fingerprint density at radius 2 is 1.42 bits per heavy atom. The Morgan fingerprint density at radius 1 is 0.789 bits per heavy atom. The number of hydrogen-bond acceptors (Lipinski definition) is 2. The monoisotopic (exact) mass is 252 g/mol. The second kappa shape index (κ2) is 4.96. The molecule has 0 radical (unpaired) electrons. The van der Waals surface area contributed by atoms with E-state index in [1.165, 1.54) is 17.1 Å². The van der Waals surface area contributed by atoms with Gasteiger partial charge in [-0.15, -0.1) is 0 Å². The molecule has 0 aromatic heterocycles. The van der Waals surface area contributed by atoms with E-state index in [-0.39, 0.29) is 0 Å². The van der Waals surface area contributed by atoms with Gasteiger partial charge in [0.05, 0.1) is 11.4 Å². The van der Waals surface area contributed by atoms with Crippen LogP contribution >= 0.6 is 0 Å². The van der Waals surface area contributed by atoms with E-state index in [9.17, 15) is 0 Å². The third-order valence-corrected chi connectivity index (χ3v) is 3.74. The van der Waals surface area contributed by atoms with Crippen LogP contribution in [-0.2, 0) is 0 Å². The van der Waals surface area contributed by atoms with Crippen LogP contribution in [0.15, 0.2) is 54.6 Å². The molecule has 1 aliphatic heterocycles. The number of fused-ring (bicyclic) bond motifs is 1. The summed E-state index contributed by atoms with van der Waals surface area (Å²) in [5.41, 5.74) is 3.93. The zero-order valence-electron chi connectivity index (χ0n) is 11.6. The minimum absolute atomic E-state index is 0.541. The van der Waals surface area contributed by atoms with E-state index in [2.05, 4.69) is 78.2 Å². The number of para-hydroxylation sites is 3. The molecule has 1 aliphatic rings. The highest BCUT2D eigenvalue weighted by atomic mass is 15.3. The summed E-state index contributed by atoms with van der Waals surface area (Å²) < 4.78 is 0. The van der Waals surface area contributed by atoms with E-state index in [4.69, 9.17) is 0 Å². The van der Waals surface area contributed by atoms with Crippen LogP contribution in [0.2, 0.25) is 0 Å². The molecule has 2 heteroatoms. The highest BCUT2D eigenvalue weighted by Crippen LogP contribution is 2.37. The molecule has 3 rings (SSSR count). The van der Waals surface area contributed by atoms with Gasteiger partial charge in [-0.05, 0) is 38.1 Å². The van der Waals surface area contributed by atoms with Crippen molar-refractivity contribution in [3.8, 4) is 0 Å². The topological polar surface area (TPSA) is 6.48 Å². The Hall–Kier alpha value is -1.96. The fourth-order valence-corrected chi connectivity index (χ4v) is 2.80. The first kappa shape index (κ1) is 12.1. The van der Waals surface area contributed by atoms with E-state index in [1.54, 1.807) is 0 Å². The summed E-state index contributed by atoms with van der Waals surface area (Å²) in [4.78, 5) is 4.89. The van der Waals surface area contributed by atoms with Crippen molar-refractivity contribution < 1.29 is 0 Å². The van der Waals surface area contributed by atoms with Gasteiger partial charge in [0.2, 0.25) is 0 Å². The highest BCUT2D eigenvalue weighted by Gasteiger charge is 2.24.